The van der Waals surface area contributed by atoms with Crippen molar-refractivity contribution in [3.63, 3.8) is 0 Å². The molecule has 2 rings (SSSR count). The molecule has 2 aromatic rings. The average molecular weight is 451 g/mol. The van der Waals surface area contributed by atoms with Crippen molar-refractivity contribution in [2.75, 3.05) is 0 Å². The summed E-state index contributed by atoms with van der Waals surface area (Å²) < 4.78 is 8.36. The fourth-order valence-electron chi connectivity index (χ4n) is 2.75. The first kappa shape index (κ1) is 21.9. The van der Waals surface area contributed by atoms with Crippen molar-refractivity contribution in [3.8, 4) is 5.75 Å². The molecular weight excluding hydrogens is 424 g/mol. The molecule has 0 spiro atoms. The monoisotopic (exact) mass is 450 g/mol. The number of aromatic nitrogens is 2. The van der Waals surface area contributed by atoms with E-state index in [1.807, 2.05) is 30.7 Å². The van der Waals surface area contributed by atoms with Crippen LogP contribution in [-0.4, -0.2) is 27.7 Å². The number of carbonyl (C=O) groups excluding carboxylic acids is 2. The smallest absolute Gasteiger partial charge is 0.279 e. The number of halogens is 1. The molecule has 0 fully saturated rings. The number of nitrogens with one attached hydrogen (secondary N) is 2. The summed E-state index contributed by atoms with van der Waals surface area (Å²) in [5.41, 5.74) is 7.54. The molecule has 0 aliphatic rings. The minimum absolute atomic E-state index is 0.150. The molecule has 0 aliphatic heterocycles. The Morgan fingerprint density at radius 3 is 2.57 bits per heavy atom. The molecule has 2 N–H and O–H groups in total. The number of hydrogen-bond acceptors (Lipinski definition) is 4. The zero-order valence-electron chi connectivity index (χ0n) is 16.9. The average Bonchev–Trinajstić information content (AvgIpc) is 2.86. The van der Waals surface area contributed by atoms with Crippen LogP contribution in [0.25, 0.3) is 0 Å². The van der Waals surface area contributed by atoms with Crippen LogP contribution in [0.2, 0.25) is 0 Å². The molecule has 152 valence electrons. The lowest BCUT2D eigenvalue weighted by Crippen LogP contribution is -2.47. The van der Waals surface area contributed by atoms with Gasteiger partial charge in [-0.15, -0.1) is 0 Å². The number of benzene rings is 1. The Morgan fingerprint density at radius 2 is 1.93 bits per heavy atom. The summed E-state index contributed by atoms with van der Waals surface area (Å²) in [5, 5.41) is 4.51. The van der Waals surface area contributed by atoms with Crippen molar-refractivity contribution < 1.29 is 14.3 Å². The molecule has 0 saturated carbocycles. The topological polar surface area (TPSA) is 85.3 Å². The number of amides is 2. The van der Waals surface area contributed by atoms with E-state index in [4.69, 9.17) is 4.74 Å². The molecule has 0 aliphatic carbocycles. The second-order valence-electron chi connectivity index (χ2n) is 7.16. The number of ether oxygens (including phenoxy) is 1. The van der Waals surface area contributed by atoms with Gasteiger partial charge in [-0.2, -0.15) is 5.10 Å². The lowest BCUT2D eigenvalue weighted by atomic mass is 10.1. The van der Waals surface area contributed by atoms with Gasteiger partial charge in [-0.25, -0.2) is 0 Å². The van der Waals surface area contributed by atoms with Crippen LogP contribution in [0, 0.1) is 19.8 Å². The van der Waals surface area contributed by atoms with Crippen LogP contribution in [0.3, 0.4) is 0 Å². The molecular formula is C20H27BrN4O3. The van der Waals surface area contributed by atoms with Crippen molar-refractivity contribution in [1.82, 2.24) is 20.6 Å². The largest absolute Gasteiger partial charge is 0.481 e. The van der Waals surface area contributed by atoms with Gasteiger partial charge >= 0.3 is 0 Å². The summed E-state index contributed by atoms with van der Waals surface area (Å²) in [5.74, 6) is 0.286. The zero-order chi connectivity index (χ0) is 20.8. The lowest BCUT2D eigenvalue weighted by Gasteiger charge is -2.15. The highest BCUT2D eigenvalue weighted by Crippen LogP contribution is 2.19. The highest BCUT2D eigenvalue weighted by atomic mass is 79.9. The molecule has 0 bridgehead atoms. The second-order valence-corrected chi connectivity index (χ2v) is 8.07. The summed E-state index contributed by atoms with van der Waals surface area (Å²) in [4.78, 5) is 24.4. The first-order chi connectivity index (χ1) is 13.2. The maximum atomic E-state index is 12.3. The van der Waals surface area contributed by atoms with Crippen molar-refractivity contribution in [3.05, 3.63) is 45.7 Å². The number of hydrogen-bond donors (Lipinski definition) is 2. The summed E-state index contributed by atoms with van der Waals surface area (Å²) in [6, 6.07) is 7.21. The number of rotatable bonds is 7. The minimum Gasteiger partial charge on any atom is -0.481 e. The molecule has 2 amide bonds. The van der Waals surface area contributed by atoms with Crippen molar-refractivity contribution >= 4 is 27.7 Å². The minimum atomic E-state index is -0.758. The van der Waals surface area contributed by atoms with Crippen LogP contribution in [0.5, 0.6) is 5.75 Å². The molecule has 0 radical (unpaired) electrons. The lowest BCUT2D eigenvalue weighted by molar-refractivity contribution is -0.132. The molecule has 1 heterocycles. The van der Waals surface area contributed by atoms with Gasteiger partial charge in [0.2, 0.25) is 5.91 Å². The first-order valence-electron chi connectivity index (χ1n) is 9.21. The summed E-state index contributed by atoms with van der Waals surface area (Å²) in [6.45, 7) is 10.5. The third-order valence-electron chi connectivity index (χ3n) is 4.21. The molecule has 1 aromatic heterocycles. The van der Waals surface area contributed by atoms with Gasteiger partial charge in [0.25, 0.3) is 5.91 Å². The summed E-state index contributed by atoms with van der Waals surface area (Å²) in [7, 11) is 0. The van der Waals surface area contributed by atoms with Crippen LogP contribution < -0.4 is 15.6 Å². The first-order valence-corrected chi connectivity index (χ1v) is 10.0. The molecule has 1 unspecified atom stereocenters. The van der Waals surface area contributed by atoms with E-state index < -0.39 is 12.0 Å². The van der Waals surface area contributed by atoms with Gasteiger partial charge in [-0.1, -0.05) is 35.8 Å². The Labute approximate surface area is 173 Å². The quantitative estimate of drug-likeness (QED) is 0.634. The van der Waals surface area contributed by atoms with E-state index >= 15 is 0 Å². The fourth-order valence-corrected chi connectivity index (χ4v) is 3.13. The van der Waals surface area contributed by atoms with Gasteiger partial charge in [0.15, 0.2) is 6.10 Å². The SMILES string of the molecule is Cc1nn(CC(C)C)c(C)c1CC(=O)NNC(=O)C(C)Oc1cccc(Br)c1. The normalized spacial score (nSPS) is 12.0. The second kappa shape index (κ2) is 9.73. The Balaban J connectivity index is 1.88. The van der Waals surface area contributed by atoms with Crippen LogP contribution in [-0.2, 0) is 22.6 Å². The van der Waals surface area contributed by atoms with Gasteiger partial charge in [-0.05, 0) is 44.9 Å². The molecule has 0 saturated heterocycles. The van der Waals surface area contributed by atoms with E-state index in [1.54, 1.807) is 19.1 Å². The van der Waals surface area contributed by atoms with Gasteiger partial charge < -0.3 is 4.74 Å². The fraction of sp³-hybridized carbons (Fsp3) is 0.450. The van der Waals surface area contributed by atoms with Gasteiger partial charge in [0, 0.05) is 22.3 Å². The van der Waals surface area contributed by atoms with E-state index in [9.17, 15) is 9.59 Å². The zero-order valence-corrected chi connectivity index (χ0v) is 18.5. The van der Waals surface area contributed by atoms with E-state index in [-0.39, 0.29) is 12.3 Å². The van der Waals surface area contributed by atoms with Crippen LogP contribution in [0.15, 0.2) is 28.7 Å². The third-order valence-corrected chi connectivity index (χ3v) is 4.70. The van der Waals surface area contributed by atoms with E-state index in [1.165, 1.54) is 0 Å². The van der Waals surface area contributed by atoms with Crippen molar-refractivity contribution in [2.24, 2.45) is 5.92 Å². The van der Waals surface area contributed by atoms with Crippen molar-refractivity contribution in [2.45, 2.75) is 53.7 Å². The third kappa shape index (κ3) is 6.09. The van der Waals surface area contributed by atoms with Gasteiger partial charge in [0.05, 0.1) is 12.1 Å². The summed E-state index contributed by atoms with van der Waals surface area (Å²) in [6.07, 6.45) is -0.608. The van der Waals surface area contributed by atoms with Crippen LogP contribution in [0.4, 0.5) is 0 Å². The molecule has 28 heavy (non-hydrogen) atoms. The predicted molar refractivity (Wildman–Crippen MR) is 111 cm³/mol. The summed E-state index contributed by atoms with van der Waals surface area (Å²) >= 11 is 3.35. The number of nitrogens with zero attached hydrogens (tertiary/aromatic N) is 2. The highest BCUT2D eigenvalue weighted by molar-refractivity contribution is 9.10. The van der Waals surface area contributed by atoms with E-state index in [2.05, 4.69) is 45.7 Å². The molecule has 1 atom stereocenters. The molecule has 7 nitrogen and oxygen atoms in total. The van der Waals surface area contributed by atoms with E-state index in [0.717, 1.165) is 28.0 Å². The number of carbonyl (C=O) groups is 2. The Hall–Kier alpha value is -2.35. The van der Waals surface area contributed by atoms with E-state index in [0.29, 0.717) is 11.7 Å². The number of hydrazine groups is 1. The molecule has 8 heteroatoms. The molecule has 1 aromatic carbocycles. The van der Waals surface area contributed by atoms with Crippen LogP contribution in [0.1, 0.15) is 37.7 Å². The van der Waals surface area contributed by atoms with Gasteiger partial charge in [0.1, 0.15) is 5.75 Å². The van der Waals surface area contributed by atoms with Gasteiger partial charge in [-0.3, -0.25) is 25.1 Å². The number of aryl methyl sites for hydroxylation is 1. The van der Waals surface area contributed by atoms with Crippen LogP contribution >= 0.6 is 15.9 Å². The maximum absolute atomic E-state index is 12.3. The Kier molecular flexibility index (Phi) is 7.62. The maximum Gasteiger partial charge on any atom is 0.279 e. The highest BCUT2D eigenvalue weighted by Gasteiger charge is 2.18. The van der Waals surface area contributed by atoms with Crippen molar-refractivity contribution in [1.29, 1.82) is 0 Å². The Bertz CT molecular complexity index is 848. The predicted octanol–water partition coefficient (Wildman–Crippen LogP) is 3.08. The standard InChI is InChI=1S/C20H27BrN4O3/c1-12(2)11-25-14(4)18(13(3)24-25)10-19(26)22-23-20(27)15(5)28-17-8-6-7-16(21)9-17/h6-9,12,15H,10-11H2,1-5H3,(H,22,26)(H,23,27). The Morgan fingerprint density at radius 1 is 1.21 bits per heavy atom.